The minimum Gasteiger partial charge on any atom is -0.497 e. The molecule has 0 aliphatic carbocycles. The zero-order chi connectivity index (χ0) is 17.4. The normalized spacial score (nSPS) is 10.5. The smallest absolute Gasteiger partial charge is 0.271 e. The fourth-order valence-corrected chi connectivity index (χ4v) is 2.08. The van der Waals surface area contributed by atoms with Crippen LogP contribution in [0.4, 0.5) is 5.82 Å². The first-order valence-corrected chi connectivity index (χ1v) is 8.05. The second kappa shape index (κ2) is 8.86. The van der Waals surface area contributed by atoms with Gasteiger partial charge in [0.1, 0.15) is 17.3 Å². The quantitative estimate of drug-likeness (QED) is 0.779. The standard InChI is InChI=1S/C18H24N4O2/c1-13(2)10-21-17-12-20-16(11-22-17)18(23)19-8-7-14-5-4-6-15(9-14)24-3/h4-6,9,11-13H,7-8,10H2,1-3H3,(H,19,23)(H,21,22). The number of carbonyl (C=O) groups is 1. The maximum Gasteiger partial charge on any atom is 0.271 e. The van der Waals surface area contributed by atoms with Gasteiger partial charge in [0.15, 0.2) is 0 Å². The molecule has 24 heavy (non-hydrogen) atoms. The molecule has 6 heteroatoms. The van der Waals surface area contributed by atoms with Gasteiger partial charge in [-0.1, -0.05) is 26.0 Å². The molecule has 0 aliphatic rings. The molecule has 0 saturated heterocycles. The van der Waals surface area contributed by atoms with Gasteiger partial charge in [0.2, 0.25) is 0 Å². The predicted octanol–water partition coefficient (Wildman–Crippen LogP) is 2.53. The summed E-state index contributed by atoms with van der Waals surface area (Å²) in [5.41, 5.74) is 1.42. The molecule has 0 bridgehead atoms. The van der Waals surface area contributed by atoms with Gasteiger partial charge in [-0.15, -0.1) is 0 Å². The van der Waals surface area contributed by atoms with E-state index in [-0.39, 0.29) is 5.91 Å². The average Bonchev–Trinajstić information content (AvgIpc) is 2.60. The molecule has 0 atom stereocenters. The molecule has 128 valence electrons. The molecule has 2 aromatic rings. The van der Waals surface area contributed by atoms with Crippen molar-refractivity contribution < 1.29 is 9.53 Å². The molecular formula is C18H24N4O2. The van der Waals surface area contributed by atoms with Crippen LogP contribution in [-0.4, -0.2) is 36.1 Å². The van der Waals surface area contributed by atoms with E-state index >= 15 is 0 Å². The predicted molar refractivity (Wildman–Crippen MR) is 94.4 cm³/mol. The summed E-state index contributed by atoms with van der Waals surface area (Å²) in [5, 5.41) is 6.02. The first kappa shape index (κ1) is 17.7. The highest BCUT2D eigenvalue weighted by Gasteiger charge is 2.08. The lowest BCUT2D eigenvalue weighted by atomic mass is 10.1. The molecule has 1 aromatic carbocycles. The highest BCUT2D eigenvalue weighted by molar-refractivity contribution is 5.91. The lowest BCUT2D eigenvalue weighted by Gasteiger charge is -2.08. The van der Waals surface area contributed by atoms with Crippen molar-refractivity contribution in [2.75, 3.05) is 25.5 Å². The Hall–Kier alpha value is -2.63. The van der Waals surface area contributed by atoms with E-state index in [1.807, 2.05) is 24.3 Å². The molecule has 0 saturated carbocycles. The Bertz CT molecular complexity index is 656. The Morgan fingerprint density at radius 1 is 1.25 bits per heavy atom. The number of rotatable bonds is 8. The number of aromatic nitrogens is 2. The third-order valence-corrected chi connectivity index (χ3v) is 3.41. The lowest BCUT2D eigenvalue weighted by Crippen LogP contribution is -2.26. The lowest BCUT2D eigenvalue weighted by molar-refractivity contribution is 0.0949. The SMILES string of the molecule is COc1cccc(CCNC(=O)c2cnc(NCC(C)C)cn2)c1. The third-order valence-electron chi connectivity index (χ3n) is 3.41. The highest BCUT2D eigenvalue weighted by atomic mass is 16.5. The number of amides is 1. The number of nitrogens with zero attached hydrogens (tertiary/aromatic N) is 2. The van der Waals surface area contributed by atoms with Crippen molar-refractivity contribution in [2.45, 2.75) is 20.3 Å². The van der Waals surface area contributed by atoms with Crippen LogP contribution in [0.15, 0.2) is 36.7 Å². The van der Waals surface area contributed by atoms with Gasteiger partial charge in [-0.25, -0.2) is 9.97 Å². The summed E-state index contributed by atoms with van der Waals surface area (Å²) in [6.07, 6.45) is 3.80. The van der Waals surface area contributed by atoms with Gasteiger partial charge in [0, 0.05) is 13.1 Å². The van der Waals surface area contributed by atoms with Crippen LogP contribution >= 0.6 is 0 Å². The van der Waals surface area contributed by atoms with Gasteiger partial charge in [0.05, 0.1) is 19.5 Å². The number of nitrogens with one attached hydrogen (secondary N) is 2. The first-order chi connectivity index (χ1) is 11.6. The maximum absolute atomic E-state index is 12.1. The van der Waals surface area contributed by atoms with E-state index in [0.717, 1.165) is 24.3 Å². The fourth-order valence-electron chi connectivity index (χ4n) is 2.08. The zero-order valence-corrected chi connectivity index (χ0v) is 14.4. The molecule has 6 nitrogen and oxygen atoms in total. The monoisotopic (exact) mass is 328 g/mol. The van der Waals surface area contributed by atoms with E-state index in [1.165, 1.54) is 6.20 Å². The second-order valence-electron chi connectivity index (χ2n) is 5.92. The van der Waals surface area contributed by atoms with Crippen LogP contribution < -0.4 is 15.4 Å². The summed E-state index contributed by atoms with van der Waals surface area (Å²) in [6, 6.07) is 7.79. The topological polar surface area (TPSA) is 76.1 Å². The molecule has 0 aliphatic heterocycles. The molecule has 0 unspecified atom stereocenters. The van der Waals surface area contributed by atoms with Crippen molar-refractivity contribution in [2.24, 2.45) is 5.92 Å². The molecule has 1 heterocycles. The largest absolute Gasteiger partial charge is 0.497 e. The van der Waals surface area contributed by atoms with Crippen molar-refractivity contribution in [3.05, 3.63) is 47.9 Å². The minimum absolute atomic E-state index is 0.221. The van der Waals surface area contributed by atoms with E-state index in [9.17, 15) is 4.79 Å². The Morgan fingerprint density at radius 2 is 2.08 bits per heavy atom. The number of hydrogen-bond donors (Lipinski definition) is 2. The summed E-state index contributed by atoms with van der Waals surface area (Å²) < 4.78 is 5.19. The van der Waals surface area contributed by atoms with Gasteiger partial charge >= 0.3 is 0 Å². The number of ether oxygens (including phenoxy) is 1. The Morgan fingerprint density at radius 3 is 2.75 bits per heavy atom. The summed E-state index contributed by atoms with van der Waals surface area (Å²) in [4.78, 5) is 20.4. The van der Waals surface area contributed by atoms with Gasteiger partial charge in [-0.2, -0.15) is 0 Å². The molecule has 1 aromatic heterocycles. The molecule has 2 N–H and O–H groups in total. The molecule has 0 radical (unpaired) electrons. The van der Waals surface area contributed by atoms with Crippen LogP contribution in [-0.2, 0) is 6.42 Å². The first-order valence-electron chi connectivity index (χ1n) is 8.05. The number of benzene rings is 1. The highest BCUT2D eigenvalue weighted by Crippen LogP contribution is 2.12. The summed E-state index contributed by atoms with van der Waals surface area (Å²) in [6.45, 7) is 5.58. The van der Waals surface area contributed by atoms with Gasteiger partial charge in [-0.05, 0) is 30.0 Å². The van der Waals surface area contributed by atoms with E-state index in [4.69, 9.17) is 4.74 Å². The van der Waals surface area contributed by atoms with Crippen molar-refractivity contribution in [3.63, 3.8) is 0 Å². The van der Waals surface area contributed by atoms with Crippen LogP contribution in [0.25, 0.3) is 0 Å². The van der Waals surface area contributed by atoms with Crippen LogP contribution in [0.1, 0.15) is 29.9 Å². The molecule has 0 spiro atoms. The Balaban J connectivity index is 1.81. The fraction of sp³-hybridized carbons (Fsp3) is 0.389. The number of anilines is 1. The van der Waals surface area contributed by atoms with Crippen molar-refractivity contribution in [1.82, 2.24) is 15.3 Å². The molecule has 0 fully saturated rings. The molecule has 2 rings (SSSR count). The van der Waals surface area contributed by atoms with E-state index < -0.39 is 0 Å². The summed E-state index contributed by atoms with van der Waals surface area (Å²) >= 11 is 0. The van der Waals surface area contributed by atoms with Crippen LogP contribution in [0.3, 0.4) is 0 Å². The molecular weight excluding hydrogens is 304 g/mol. The van der Waals surface area contributed by atoms with Crippen LogP contribution in [0.5, 0.6) is 5.75 Å². The summed E-state index contributed by atoms with van der Waals surface area (Å²) in [5.74, 6) is 1.79. The van der Waals surface area contributed by atoms with Crippen molar-refractivity contribution in [3.8, 4) is 5.75 Å². The van der Waals surface area contributed by atoms with Gasteiger partial charge in [0.25, 0.3) is 5.91 Å². The number of carbonyl (C=O) groups excluding carboxylic acids is 1. The van der Waals surface area contributed by atoms with Crippen LogP contribution in [0, 0.1) is 5.92 Å². The third kappa shape index (κ3) is 5.53. The van der Waals surface area contributed by atoms with Gasteiger partial charge in [-0.3, -0.25) is 4.79 Å². The number of methoxy groups -OCH3 is 1. The van der Waals surface area contributed by atoms with Gasteiger partial charge < -0.3 is 15.4 Å². The minimum atomic E-state index is -0.221. The van der Waals surface area contributed by atoms with Crippen molar-refractivity contribution >= 4 is 11.7 Å². The maximum atomic E-state index is 12.1. The van der Waals surface area contributed by atoms with Crippen LogP contribution in [0.2, 0.25) is 0 Å². The zero-order valence-electron chi connectivity index (χ0n) is 14.4. The van der Waals surface area contributed by atoms with E-state index in [1.54, 1.807) is 13.3 Å². The second-order valence-corrected chi connectivity index (χ2v) is 5.92. The Kier molecular flexibility index (Phi) is 6.54. The summed E-state index contributed by atoms with van der Waals surface area (Å²) in [7, 11) is 1.64. The van der Waals surface area contributed by atoms with E-state index in [2.05, 4.69) is 34.4 Å². The average molecular weight is 328 g/mol. The van der Waals surface area contributed by atoms with E-state index in [0.29, 0.717) is 24.0 Å². The molecule has 1 amide bonds. The Labute approximate surface area is 142 Å². The van der Waals surface area contributed by atoms with Crippen molar-refractivity contribution in [1.29, 1.82) is 0 Å². The number of hydrogen-bond acceptors (Lipinski definition) is 5.